The first-order valence-electron chi connectivity index (χ1n) is 6.64. The largest absolute Gasteiger partial charge is 0.478 e. The molecule has 5 nitrogen and oxygen atoms in total. The third-order valence-electron chi connectivity index (χ3n) is 3.02. The lowest BCUT2D eigenvalue weighted by atomic mass is 10.1. The summed E-state index contributed by atoms with van der Waals surface area (Å²) in [6.45, 7) is 7.30. The Morgan fingerprint density at radius 3 is 3.00 bits per heavy atom. The van der Waals surface area contributed by atoms with Crippen molar-refractivity contribution in [2.45, 2.75) is 32.8 Å². The fraction of sp³-hybridized carbons (Fsp3) is 0.692. The molecule has 18 heavy (non-hydrogen) atoms. The Bertz CT molecular complexity index is 371. The van der Waals surface area contributed by atoms with Gasteiger partial charge in [-0.3, -0.25) is 0 Å². The minimum absolute atomic E-state index is 0.314. The standard InChI is InChI=1S/C13H21N3O2/c1-3-17-11-6-5-7-16(9-11)12-8-13(18-4-2)15-10-14-12/h8,10-11H,3-7,9H2,1-2H3. The first-order valence-corrected chi connectivity index (χ1v) is 6.64. The van der Waals surface area contributed by atoms with Crippen molar-refractivity contribution in [3.8, 4) is 5.88 Å². The van der Waals surface area contributed by atoms with Crippen LogP contribution in [-0.4, -0.2) is 42.4 Å². The number of ether oxygens (including phenoxy) is 2. The molecule has 100 valence electrons. The van der Waals surface area contributed by atoms with Crippen molar-refractivity contribution in [3.05, 3.63) is 12.4 Å². The van der Waals surface area contributed by atoms with Gasteiger partial charge in [0, 0.05) is 25.8 Å². The third kappa shape index (κ3) is 3.32. The van der Waals surface area contributed by atoms with E-state index in [1.165, 1.54) is 0 Å². The van der Waals surface area contributed by atoms with Crippen LogP contribution >= 0.6 is 0 Å². The Hall–Kier alpha value is -1.36. The molecule has 0 bridgehead atoms. The molecule has 0 N–H and O–H groups in total. The number of piperidine rings is 1. The first-order chi connectivity index (χ1) is 8.83. The van der Waals surface area contributed by atoms with Crippen LogP contribution in [0.15, 0.2) is 12.4 Å². The number of anilines is 1. The van der Waals surface area contributed by atoms with Crippen LogP contribution in [0, 0.1) is 0 Å². The van der Waals surface area contributed by atoms with Gasteiger partial charge in [-0.05, 0) is 26.7 Å². The third-order valence-corrected chi connectivity index (χ3v) is 3.02. The second-order valence-electron chi connectivity index (χ2n) is 4.31. The molecule has 1 aromatic rings. The van der Waals surface area contributed by atoms with Gasteiger partial charge < -0.3 is 14.4 Å². The SMILES string of the molecule is CCOc1cc(N2CCCC(OCC)C2)ncn1. The van der Waals surface area contributed by atoms with Gasteiger partial charge >= 0.3 is 0 Å². The van der Waals surface area contributed by atoms with Crippen LogP contribution in [0.3, 0.4) is 0 Å². The number of nitrogens with zero attached hydrogens (tertiary/aromatic N) is 3. The number of aromatic nitrogens is 2. The Kier molecular flexibility index (Phi) is 4.75. The molecule has 0 radical (unpaired) electrons. The summed E-state index contributed by atoms with van der Waals surface area (Å²) in [6.07, 6.45) is 4.14. The van der Waals surface area contributed by atoms with Crippen molar-refractivity contribution in [3.63, 3.8) is 0 Å². The predicted octanol–water partition coefficient (Wildman–Crippen LogP) is 1.88. The van der Waals surface area contributed by atoms with Crippen molar-refractivity contribution in [1.29, 1.82) is 0 Å². The molecule has 0 aliphatic carbocycles. The average molecular weight is 251 g/mol. The van der Waals surface area contributed by atoms with E-state index in [0.717, 1.165) is 38.4 Å². The van der Waals surface area contributed by atoms with Crippen LogP contribution in [0.5, 0.6) is 5.88 Å². The summed E-state index contributed by atoms with van der Waals surface area (Å²) in [5.41, 5.74) is 0. The molecule has 0 aromatic carbocycles. The molecule has 1 aromatic heterocycles. The normalized spacial score (nSPS) is 19.9. The van der Waals surface area contributed by atoms with E-state index in [4.69, 9.17) is 9.47 Å². The lowest BCUT2D eigenvalue weighted by Crippen LogP contribution is -2.40. The maximum absolute atomic E-state index is 5.70. The molecule has 1 unspecified atom stereocenters. The molecule has 1 atom stereocenters. The zero-order valence-electron chi connectivity index (χ0n) is 11.1. The van der Waals surface area contributed by atoms with Gasteiger partial charge in [-0.15, -0.1) is 0 Å². The van der Waals surface area contributed by atoms with Crippen LogP contribution in [0.4, 0.5) is 5.82 Å². The highest BCUT2D eigenvalue weighted by molar-refractivity contribution is 5.41. The minimum Gasteiger partial charge on any atom is -0.478 e. The van der Waals surface area contributed by atoms with Gasteiger partial charge in [-0.1, -0.05) is 0 Å². The predicted molar refractivity (Wildman–Crippen MR) is 70.1 cm³/mol. The highest BCUT2D eigenvalue weighted by Gasteiger charge is 2.21. The number of hydrogen-bond donors (Lipinski definition) is 0. The van der Waals surface area contributed by atoms with Gasteiger partial charge in [-0.25, -0.2) is 9.97 Å². The molecular formula is C13H21N3O2. The summed E-state index contributed by atoms with van der Waals surface area (Å²) in [6, 6.07) is 1.90. The van der Waals surface area contributed by atoms with Gasteiger partial charge in [0.25, 0.3) is 0 Å². The smallest absolute Gasteiger partial charge is 0.218 e. The van der Waals surface area contributed by atoms with Crippen molar-refractivity contribution in [2.24, 2.45) is 0 Å². The van der Waals surface area contributed by atoms with Gasteiger partial charge in [0.2, 0.25) is 5.88 Å². The maximum Gasteiger partial charge on any atom is 0.218 e. The van der Waals surface area contributed by atoms with Crippen LogP contribution in [0.1, 0.15) is 26.7 Å². The maximum atomic E-state index is 5.70. The lowest BCUT2D eigenvalue weighted by Gasteiger charge is -2.33. The number of rotatable bonds is 5. The quantitative estimate of drug-likeness (QED) is 0.799. The highest BCUT2D eigenvalue weighted by Crippen LogP contribution is 2.21. The lowest BCUT2D eigenvalue weighted by molar-refractivity contribution is 0.0525. The molecule has 0 amide bonds. The van der Waals surface area contributed by atoms with E-state index in [-0.39, 0.29) is 0 Å². The summed E-state index contributed by atoms with van der Waals surface area (Å²) < 4.78 is 11.1. The average Bonchev–Trinajstić information content (AvgIpc) is 2.40. The van der Waals surface area contributed by atoms with E-state index < -0.39 is 0 Å². The fourth-order valence-corrected chi connectivity index (χ4v) is 2.25. The van der Waals surface area contributed by atoms with Gasteiger partial charge in [0.05, 0.1) is 12.7 Å². The monoisotopic (exact) mass is 251 g/mol. The summed E-state index contributed by atoms with van der Waals surface area (Å²) in [5.74, 6) is 1.57. The molecule has 5 heteroatoms. The zero-order valence-corrected chi connectivity index (χ0v) is 11.1. The van der Waals surface area contributed by atoms with Gasteiger partial charge in [0.15, 0.2) is 0 Å². The van der Waals surface area contributed by atoms with Crippen molar-refractivity contribution < 1.29 is 9.47 Å². The highest BCUT2D eigenvalue weighted by atomic mass is 16.5. The van der Waals surface area contributed by atoms with Crippen LogP contribution in [0.2, 0.25) is 0 Å². The Labute approximate surface area is 108 Å². The Morgan fingerprint density at radius 2 is 2.22 bits per heavy atom. The van der Waals surface area contributed by atoms with E-state index >= 15 is 0 Å². The molecule has 2 rings (SSSR count). The van der Waals surface area contributed by atoms with Crippen LogP contribution in [-0.2, 0) is 4.74 Å². The molecular weight excluding hydrogens is 230 g/mol. The second kappa shape index (κ2) is 6.54. The molecule has 1 saturated heterocycles. The van der Waals surface area contributed by atoms with E-state index in [9.17, 15) is 0 Å². The fourth-order valence-electron chi connectivity index (χ4n) is 2.25. The van der Waals surface area contributed by atoms with Crippen molar-refractivity contribution >= 4 is 5.82 Å². The molecule has 0 spiro atoms. The molecule has 0 saturated carbocycles. The van der Waals surface area contributed by atoms with Gasteiger partial charge in [-0.2, -0.15) is 0 Å². The molecule has 1 aliphatic heterocycles. The topological polar surface area (TPSA) is 47.5 Å². The van der Waals surface area contributed by atoms with Crippen LogP contribution < -0.4 is 9.64 Å². The Morgan fingerprint density at radius 1 is 1.33 bits per heavy atom. The Balaban J connectivity index is 2.03. The summed E-state index contributed by atoms with van der Waals surface area (Å²) >= 11 is 0. The minimum atomic E-state index is 0.314. The van der Waals surface area contributed by atoms with Crippen LogP contribution in [0.25, 0.3) is 0 Å². The summed E-state index contributed by atoms with van der Waals surface area (Å²) in [5, 5.41) is 0. The van der Waals surface area contributed by atoms with E-state index in [2.05, 4.69) is 14.9 Å². The summed E-state index contributed by atoms with van der Waals surface area (Å²) in [4.78, 5) is 10.7. The second-order valence-corrected chi connectivity index (χ2v) is 4.31. The van der Waals surface area contributed by atoms with Crippen molar-refractivity contribution in [2.75, 3.05) is 31.2 Å². The first kappa shape index (κ1) is 13.1. The van der Waals surface area contributed by atoms with E-state index in [1.54, 1.807) is 6.33 Å². The molecule has 1 aliphatic rings. The van der Waals surface area contributed by atoms with Crippen molar-refractivity contribution in [1.82, 2.24) is 9.97 Å². The van der Waals surface area contributed by atoms with E-state index in [0.29, 0.717) is 18.6 Å². The molecule has 2 heterocycles. The molecule has 1 fully saturated rings. The van der Waals surface area contributed by atoms with Gasteiger partial charge in [0.1, 0.15) is 12.1 Å². The number of hydrogen-bond acceptors (Lipinski definition) is 5. The summed E-state index contributed by atoms with van der Waals surface area (Å²) in [7, 11) is 0. The van der Waals surface area contributed by atoms with E-state index in [1.807, 2.05) is 19.9 Å². The zero-order chi connectivity index (χ0) is 12.8.